The van der Waals surface area contributed by atoms with Gasteiger partial charge in [0.2, 0.25) is 0 Å². The van der Waals surface area contributed by atoms with E-state index in [4.69, 9.17) is 11.6 Å². The summed E-state index contributed by atoms with van der Waals surface area (Å²) in [6.07, 6.45) is 1.90. The Morgan fingerprint density at radius 3 is 2.82 bits per heavy atom. The average Bonchev–Trinajstić information content (AvgIpc) is 2.72. The van der Waals surface area contributed by atoms with Crippen molar-refractivity contribution in [3.63, 3.8) is 0 Å². The molecule has 1 atom stereocenters. The van der Waals surface area contributed by atoms with Crippen molar-refractivity contribution in [2.75, 3.05) is 20.1 Å². The highest BCUT2D eigenvalue weighted by Crippen LogP contribution is 2.27. The van der Waals surface area contributed by atoms with Crippen LogP contribution in [0.2, 0.25) is 5.02 Å². The Kier molecular flexibility index (Phi) is 6.52. The molecule has 5 nitrogen and oxygen atoms in total. The first kappa shape index (κ1) is 20.1. The number of urea groups is 1. The van der Waals surface area contributed by atoms with Gasteiger partial charge in [0.25, 0.3) is 5.91 Å². The summed E-state index contributed by atoms with van der Waals surface area (Å²) in [5.74, 6) is -0.433. The number of benzene rings is 2. The molecule has 1 aliphatic heterocycles. The number of carbonyl (C=O) groups is 2. The molecule has 7 heteroatoms. The highest BCUT2D eigenvalue weighted by Gasteiger charge is 2.24. The third-order valence-electron chi connectivity index (χ3n) is 5.00. The van der Waals surface area contributed by atoms with E-state index in [2.05, 4.69) is 10.6 Å². The Bertz CT molecular complexity index is 874. The molecular weight excluding hydrogens is 381 g/mol. The number of piperidine rings is 1. The zero-order valence-corrected chi connectivity index (χ0v) is 16.4. The molecule has 2 aromatic rings. The normalized spacial score (nSPS) is 16.5. The van der Waals surface area contributed by atoms with Crippen molar-refractivity contribution in [2.24, 2.45) is 0 Å². The molecule has 0 radical (unpaired) electrons. The number of rotatable bonds is 4. The first-order chi connectivity index (χ1) is 13.5. The molecule has 0 saturated carbocycles. The largest absolute Gasteiger partial charge is 0.348 e. The minimum absolute atomic E-state index is 0.0743. The summed E-state index contributed by atoms with van der Waals surface area (Å²) in [5.41, 5.74) is 2.25. The first-order valence-corrected chi connectivity index (χ1v) is 9.64. The van der Waals surface area contributed by atoms with Crippen LogP contribution in [0, 0.1) is 5.82 Å². The molecule has 28 heavy (non-hydrogen) atoms. The van der Waals surface area contributed by atoms with Crippen LogP contribution in [0.4, 0.5) is 9.18 Å². The molecule has 0 aromatic heterocycles. The maximum Gasteiger partial charge on any atom is 0.317 e. The smallest absolute Gasteiger partial charge is 0.317 e. The molecule has 2 aromatic carbocycles. The van der Waals surface area contributed by atoms with E-state index in [1.807, 2.05) is 18.2 Å². The van der Waals surface area contributed by atoms with Crippen molar-refractivity contribution in [3.8, 4) is 0 Å². The SMILES string of the molecule is CNC(=O)N1CCC[C@@H](c2cccc(C(=O)NCc3ccc(F)cc3Cl)c2)C1. The van der Waals surface area contributed by atoms with Gasteiger partial charge in [0.15, 0.2) is 0 Å². The summed E-state index contributed by atoms with van der Waals surface area (Å²) in [6.45, 7) is 1.60. The second kappa shape index (κ2) is 9.06. The predicted molar refractivity (Wildman–Crippen MR) is 107 cm³/mol. The zero-order valence-electron chi connectivity index (χ0n) is 15.7. The van der Waals surface area contributed by atoms with Crippen LogP contribution < -0.4 is 10.6 Å². The number of nitrogens with one attached hydrogen (secondary N) is 2. The molecule has 1 aliphatic rings. The molecule has 3 amide bonds. The summed E-state index contributed by atoms with van der Waals surface area (Å²) in [7, 11) is 1.63. The Morgan fingerprint density at radius 2 is 2.07 bits per heavy atom. The molecule has 0 spiro atoms. The van der Waals surface area contributed by atoms with Crippen LogP contribution in [0.1, 0.15) is 40.2 Å². The van der Waals surface area contributed by atoms with Gasteiger partial charge in [-0.3, -0.25) is 4.79 Å². The number of hydrogen-bond acceptors (Lipinski definition) is 2. The Balaban J connectivity index is 1.66. The van der Waals surface area contributed by atoms with Gasteiger partial charge in [0, 0.05) is 43.2 Å². The highest BCUT2D eigenvalue weighted by atomic mass is 35.5. The number of amides is 3. The van der Waals surface area contributed by atoms with Gasteiger partial charge in [-0.2, -0.15) is 0 Å². The molecule has 0 bridgehead atoms. The topological polar surface area (TPSA) is 61.4 Å². The summed E-state index contributed by atoms with van der Waals surface area (Å²) in [4.78, 5) is 26.3. The third-order valence-corrected chi connectivity index (χ3v) is 5.35. The quantitative estimate of drug-likeness (QED) is 0.812. The van der Waals surface area contributed by atoms with Crippen LogP contribution >= 0.6 is 11.6 Å². The molecule has 1 saturated heterocycles. The molecule has 0 aliphatic carbocycles. The van der Waals surface area contributed by atoms with Crippen LogP contribution in [0.15, 0.2) is 42.5 Å². The maximum absolute atomic E-state index is 13.1. The van der Waals surface area contributed by atoms with E-state index < -0.39 is 5.82 Å². The fourth-order valence-electron chi connectivity index (χ4n) is 3.47. The van der Waals surface area contributed by atoms with Crippen molar-refractivity contribution in [2.45, 2.75) is 25.3 Å². The van der Waals surface area contributed by atoms with Gasteiger partial charge in [0.05, 0.1) is 0 Å². The summed E-state index contributed by atoms with van der Waals surface area (Å²) >= 11 is 6.01. The number of halogens is 2. The van der Waals surface area contributed by atoms with E-state index in [9.17, 15) is 14.0 Å². The lowest BCUT2D eigenvalue weighted by atomic mass is 9.89. The van der Waals surface area contributed by atoms with E-state index in [1.165, 1.54) is 12.1 Å². The van der Waals surface area contributed by atoms with E-state index in [1.54, 1.807) is 24.1 Å². The van der Waals surface area contributed by atoms with E-state index >= 15 is 0 Å². The summed E-state index contributed by atoms with van der Waals surface area (Å²) in [5, 5.41) is 5.77. The standard InChI is InChI=1S/C21H23ClFN3O2/c1-24-21(28)26-9-3-6-17(13-26)14-4-2-5-15(10-14)20(27)25-12-16-7-8-18(23)11-19(16)22/h2,4-5,7-8,10-11,17H,3,6,9,12-13H2,1H3,(H,24,28)(H,25,27)/t17-/m1/s1. The lowest BCUT2D eigenvalue weighted by molar-refractivity contribution is 0.0950. The van der Waals surface area contributed by atoms with Gasteiger partial charge in [-0.05, 0) is 48.2 Å². The van der Waals surface area contributed by atoms with Crippen molar-refractivity contribution >= 4 is 23.5 Å². The van der Waals surface area contributed by atoms with Crippen LogP contribution in [0.25, 0.3) is 0 Å². The lowest BCUT2D eigenvalue weighted by Crippen LogP contribution is -2.43. The summed E-state index contributed by atoms with van der Waals surface area (Å²) < 4.78 is 13.1. The number of carbonyl (C=O) groups excluding carboxylic acids is 2. The van der Waals surface area contributed by atoms with Gasteiger partial charge in [-0.1, -0.05) is 29.8 Å². The molecule has 2 N–H and O–H groups in total. The lowest BCUT2D eigenvalue weighted by Gasteiger charge is -2.32. The Labute approximate surface area is 168 Å². The highest BCUT2D eigenvalue weighted by molar-refractivity contribution is 6.31. The van der Waals surface area contributed by atoms with Crippen molar-refractivity contribution < 1.29 is 14.0 Å². The van der Waals surface area contributed by atoms with Crippen LogP contribution in [0.5, 0.6) is 0 Å². The second-order valence-electron chi connectivity index (χ2n) is 6.88. The van der Waals surface area contributed by atoms with Crippen LogP contribution in [0.3, 0.4) is 0 Å². The number of likely N-dealkylation sites (tertiary alicyclic amines) is 1. The Hall–Kier alpha value is -2.60. The monoisotopic (exact) mass is 403 g/mol. The van der Waals surface area contributed by atoms with E-state index in [0.29, 0.717) is 17.7 Å². The molecular formula is C21H23ClFN3O2. The second-order valence-corrected chi connectivity index (χ2v) is 7.29. The minimum Gasteiger partial charge on any atom is -0.348 e. The third kappa shape index (κ3) is 4.81. The fraction of sp³-hybridized carbons (Fsp3) is 0.333. The molecule has 148 valence electrons. The summed E-state index contributed by atoms with van der Waals surface area (Å²) in [6, 6.07) is 11.5. The maximum atomic E-state index is 13.1. The van der Waals surface area contributed by atoms with Crippen molar-refractivity contribution in [1.82, 2.24) is 15.5 Å². The van der Waals surface area contributed by atoms with Gasteiger partial charge in [-0.15, -0.1) is 0 Å². The minimum atomic E-state index is -0.411. The molecule has 0 unspecified atom stereocenters. The van der Waals surface area contributed by atoms with Gasteiger partial charge < -0.3 is 15.5 Å². The van der Waals surface area contributed by atoms with Crippen LogP contribution in [-0.2, 0) is 6.54 Å². The first-order valence-electron chi connectivity index (χ1n) is 9.26. The van der Waals surface area contributed by atoms with Gasteiger partial charge >= 0.3 is 6.03 Å². The van der Waals surface area contributed by atoms with Crippen LogP contribution in [-0.4, -0.2) is 37.0 Å². The zero-order chi connectivity index (χ0) is 20.1. The molecule has 1 heterocycles. The molecule has 1 fully saturated rings. The molecule has 3 rings (SSSR count). The van der Waals surface area contributed by atoms with E-state index in [-0.39, 0.29) is 29.4 Å². The van der Waals surface area contributed by atoms with Crippen molar-refractivity contribution in [1.29, 1.82) is 0 Å². The average molecular weight is 404 g/mol. The van der Waals surface area contributed by atoms with Gasteiger partial charge in [-0.25, -0.2) is 9.18 Å². The van der Waals surface area contributed by atoms with E-state index in [0.717, 1.165) is 24.9 Å². The van der Waals surface area contributed by atoms with Crippen molar-refractivity contribution in [3.05, 3.63) is 70.0 Å². The van der Waals surface area contributed by atoms with Gasteiger partial charge in [0.1, 0.15) is 5.82 Å². The Morgan fingerprint density at radius 1 is 1.25 bits per heavy atom. The fourth-order valence-corrected chi connectivity index (χ4v) is 3.70. The number of nitrogens with zero attached hydrogens (tertiary/aromatic N) is 1. The predicted octanol–water partition coefficient (Wildman–Crippen LogP) is 3.93. The number of hydrogen-bond donors (Lipinski definition) is 2.